The minimum absolute atomic E-state index is 0.0505. The molecule has 0 aliphatic heterocycles. The van der Waals surface area contributed by atoms with Crippen molar-refractivity contribution in [2.24, 2.45) is 0 Å². The third-order valence-corrected chi connectivity index (χ3v) is 4.22. The number of ether oxygens (including phenoxy) is 2. The molecule has 0 aliphatic carbocycles. The van der Waals surface area contributed by atoms with E-state index in [0.717, 1.165) is 11.1 Å². The van der Waals surface area contributed by atoms with Gasteiger partial charge in [0.05, 0.1) is 12.2 Å². The van der Waals surface area contributed by atoms with Crippen LogP contribution in [0.4, 0.5) is 11.9 Å². The van der Waals surface area contributed by atoms with Crippen molar-refractivity contribution < 1.29 is 9.47 Å². The normalized spacial score (nSPS) is 11.0. The zero-order valence-corrected chi connectivity index (χ0v) is 17.7. The first-order valence-corrected chi connectivity index (χ1v) is 9.74. The van der Waals surface area contributed by atoms with Crippen LogP contribution in [0.2, 0.25) is 0 Å². The number of hydrogen-bond donors (Lipinski definition) is 1. The Kier molecular flexibility index (Phi) is 7.01. The Labute approximate surface area is 181 Å². The van der Waals surface area contributed by atoms with Gasteiger partial charge in [0.2, 0.25) is 11.9 Å². The standard InChI is InChI=1S/C23H24N6O2/c1-4-30-20-13-17(10-11-19(20)31-15-16-8-6-5-7-9-16)12-18(14-24)21-26-22(25)28-23(27-21)29(2)3/h5-13H,4,15H2,1-3H3,(H2,25,26,27,28)/b18-12+. The van der Waals surface area contributed by atoms with E-state index in [-0.39, 0.29) is 17.3 Å². The molecule has 0 aliphatic rings. The summed E-state index contributed by atoms with van der Waals surface area (Å²) in [7, 11) is 3.58. The number of nitrogens with zero attached hydrogens (tertiary/aromatic N) is 5. The average Bonchev–Trinajstić information content (AvgIpc) is 2.77. The van der Waals surface area contributed by atoms with Crippen LogP contribution in [0.3, 0.4) is 0 Å². The molecule has 0 radical (unpaired) electrons. The van der Waals surface area contributed by atoms with Crippen molar-refractivity contribution in [2.75, 3.05) is 31.3 Å². The molecular formula is C23H24N6O2. The van der Waals surface area contributed by atoms with E-state index in [0.29, 0.717) is 30.7 Å². The molecule has 0 saturated heterocycles. The molecule has 2 aromatic carbocycles. The fraction of sp³-hybridized carbons (Fsp3) is 0.217. The minimum atomic E-state index is 0.0505. The Bertz CT molecular complexity index is 1110. The van der Waals surface area contributed by atoms with Gasteiger partial charge in [-0.15, -0.1) is 0 Å². The van der Waals surface area contributed by atoms with Crippen molar-refractivity contribution >= 4 is 23.5 Å². The summed E-state index contributed by atoms with van der Waals surface area (Å²) >= 11 is 0. The monoisotopic (exact) mass is 416 g/mol. The molecule has 3 aromatic rings. The fourth-order valence-electron chi connectivity index (χ4n) is 2.75. The smallest absolute Gasteiger partial charge is 0.230 e. The molecule has 8 nitrogen and oxygen atoms in total. The van der Waals surface area contributed by atoms with Gasteiger partial charge in [0, 0.05) is 14.1 Å². The van der Waals surface area contributed by atoms with Crippen LogP contribution in [0.25, 0.3) is 11.6 Å². The molecule has 3 rings (SSSR count). The Morgan fingerprint density at radius 3 is 2.52 bits per heavy atom. The van der Waals surface area contributed by atoms with Gasteiger partial charge in [-0.2, -0.15) is 20.2 Å². The maximum Gasteiger partial charge on any atom is 0.230 e. The summed E-state index contributed by atoms with van der Waals surface area (Å²) in [5.74, 6) is 1.85. The van der Waals surface area contributed by atoms with Gasteiger partial charge in [0.15, 0.2) is 17.3 Å². The summed E-state index contributed by atoms with van der Waals surface area (Å²) in [5.41, 5.74) is 7.86. The first-order chi connectivity index (χ1) is 15.0. The summed E-state index contributed by atoms with van der Waals surface area (Å²) in [6, 6.07) is 17.5. The van der Waals surface area contributed by atoms with Crippen LogP contribution < -0.4 is 20.1 Å². The van der Waals surface area contributed by atoms with Gasteiger partial charge >= 0.3 is 0 Å². The first-order valence-electron chi connectivity index (χ1n) is 9.74. The number of aromatic nitrogens is 3. The summed E-state index contributed by atoms with van der Waals surface area (Å²) in [5, 5.41) is 9.67. The lowest BCUT2D eigenvalue weighted by Crippen LogP contribution is -2.15. The van der Waals surface area contributed by atoms with Crippen molar-refractivity contribution in [1.82, 2.24) is 15.0 Å². The maximum absolute atomic E-state index is 9.67. The topological polar surface area (TPSA) is 110 Å². The number of nitriles is 1. The van der Waals surface area contributed by atoms with Crippen LogP contribution in [0, 0.1) is 11.3 Å². The molecule has 8 heteroatoms. The minimum Gasteiger partial charge on any atom is -0.490 e. The Balaban J connectivity index is 1.90. The number of anilines is 2. The lowest BCUT2D eigenvalue weighted by atomic mass is 10.1. The zero-order valence-electron chi connectivity index (χ0n) is 17.7. The number of benzene rings is 2. The van der Waals surface area contributed by atoms with Gasteiger partial charge in [-0.25, -0.2) is 0 Å². The lowest BCUT2D eigenvalue weighted by Gasteiger charge is -2.13. The zero-order chi connectivity index (χ0) is 22.2. The number of hydrogen-bond acceptors (Lipinski definition) is 8. The number of rotatable bonds is 8. The molecule has 0 atom stereocenters. The third-order valence-electron chi connectivity index (χ3n) is 4.22. The summed E-state index contributed by atoms with van der Waals surface area (Å²) in [6.07, 6.45) is 1.68. The van der Waals surface area contributed by atoms with E-state index in [1.165, 1.54) is 0 Å². The van der Waals surface area contributed by atoms with Crippen LogP contribution in [0.15, 0.2) is 48.5 Å². The Morgan fingerprint density at radius 1 is 1.06 bits per heavy atom. The van der Waals surface area contributed by atoms with Crippen LogP contribution >= 0.6 is 0 Å². The summed E-state index contributed by atoms with van der Waals surface area (Å²) in [4.78, 5) is 14.2. The van der Waals surface area contributed by atoms with Crippen LogP contribution in [-0.2, 0) is 6.61 Å². The molecule has 0 saturated carbocycles. The van der Waals surface area contributed by atoms with E-state index >= 15 is 0 Å². The van der Waals surface area contributed by atoms with E-state index in [2.05, 4.69) is 21.0 Å². The van der Waals surface area contributed by atoms with Crippen molar-refractivity contribution in [2.45, 2.75) is 13.5 Å². The Hall–Kier alpha value is -4.12. The Morgan fingerprint density at radius 2 is 1.84 bits per heavy atom. The van der Waals surface area contributed by atoms with Crippen molar-refractivity contribution in [1.29, 1.82) is 5.26 Å². The third kappa shape index (κ3) is 5.70. The molecule has 0 bridgehead atoms. The maximum atomic E-state index is 9.67. The second kappa shape index (κ2) is 10.1. The van der Waals surface area contributed by atoms with E-state index in [4.69, 9.17) is 15.2 Å². The van der Waals surface area contributed by atoms with Crippen molar-refractivity contribution in [3.63, 3.8) is 0 Å². The molecule has 158 valence electrons. The molecule has 1 heterocycles. The molecule has 0 spiro atoms. The van der Waals surface area contributed by atoms with E-state index in [9.17, 15) is 5.26 Å². The van der Waals surface area contributed by atoms with Crippen molar-refractivity contribution in [3.8, 4) is 17.6 Å². The van der Waals surface area contributed by atoms with E-state index in [1.54, 1.807) is 25.1 Å². The molecule has 1 aromatic heterocycles. The highest BCUT2D eigenvalue weighted by atomic mass is 16.5. The second-order valence-corrected chi connectivity index (χ2v) is 6.79. The van der Waals surface area contributed by atoms with Crippen LogP contribution in [0.5, 0.6) is 11.5 Å². The summed E-state index contributed by atoms with van der Waals surface area (Å²) in [6.45, 7) is 2.81. The SMILES string of the molecule is CCOc1cc(/C=C(\C#N)c2nc(N)nc(N(C)C)n2)ccc1OCc1ccccc1. The highest BCUT2D eigenvalue weighted by molar-refractivity contribution is 5.87. The number of nitrogens with two attached hydrogens (primary N) is 1. The average molecular weight is 416 g/mol. The van der Waals surface area contributed by atoms with Gasteiger partial charge in [0.25, 0.3) is 0 Å². The van der Waals surface area contributed by atoms with Crippen LogP contribution in [-0.4, -0.2) is 35.7 Å². The van der Waals surface area contributed by atoms with E-state index < -0.39 is 0 Å². The molecular weight excluding hydrogens is 392 g/mol. The van der Waals surface area contributed by atoms with Gasteiger partial charge < -0.3 is 20.1 Å². The number of allylic oxidation sites excluding steroid dienone is 1. The molecule has 0 fully saturated rings. The van der Waals surface area contributed by atoms with Crippen LogP contribution in [0.1, 0.15) is 23.9 Å². The summed E-state index contributed by atoms with van der Waals surface area (Å²) < 4.78 is 11.7. The molecule has 2 N–H and O–H groups in total. The predicted octanol–water partition coefficient (Wildman–Crippen LogP) is 3.56. The molecule has 0 unspecified atom stereocenters. The van der Waals surface area contributed by atoms with E-state index in [1.807, 2.05) is 55.5 Å². The fourth-order valence-corrected chi connectivity index (χ4v) is 2.75. The predicted molar refractivity (Wildman–Crippen MR) is 120 cm³/mol. The van der Waals surface area contributed by atoms with Gasteiger partial charge in [0.1, 0.15) is 12.7 Å². The lowest BCUT2D eigenvalue weighted by molar-refractivity contribution is 0.269. The first kappa shape index (κ1) is 21.6. The highest BCUT2D eigenvalue weighted by Crippen LogP contribution is 2.31. The quantitative estimate of drug-likeness (QED) is 0.555. The highest BCUT2D eigenvalue weighted by Gasteiger charge is 2.12. The second-order valence-electron chi connectivity index (χ2n) is 6.79. The largest absolute Gasteiger partial charge is 0.490 e. The molecule has 31 heavy (non-hydrogen) atoms. The van der Waals surface area contributed by atoms with Gasteiger partial charge in [-0.1, -0.05) is 36.4 Å². The van der Waals surface area contributed by atoms with Gasteiger partial charge in [-0.3, -0.25) is 0 Å². The number of nitrogen functional groups attached to an aromatic ring is 1. The molecule has 0 amide bonds. The van der Waals surface area contributed by atoms with Crippen molar-refractivity contribution in [3.05, 3.63) is 65.5 Å². The van der Waals surface area contributed by atoms with Gasteiger partial charge in [-0.05, 0) is 36.3 Å².